The molecule has 4 heteroatoms. The van der Waals surface area contributed by atoms with Crippen LogP contribution in [-0.2, 0) is 0 Å². The van der Waals surface area contributed by atoms with Gasteiger partial charge >= 0.3 is 0 Å². The van der Waals surface area contributed by atoms with Crippen LogP contribution in [0.3, 0.4) is 0 Å². The van der Waals surface area contributed by atoms with E-state index in [1.54, 1.807) is 6.07 Å². The molecular weight excluding hydrogens is 259 g/mol. The number of nitrogens with one attached hydrogen (secondary N) is 1. The zero-order valence-electron chi connectivity index (χ0n) is 8.61. The summed E-state index contributed by atoms with van der Waals surface area (Å²) < 4.78 is 13.5. The normalized spacial score (nSPS) is 17.5. The van der Waals surface area contributed by atoms with Crippen molar-refractivity contribution in [3.8, 4) is 0 Å². The van der Waals surface area contributed by atoms with Crippen LogP contribution in [0.15, 0.2) is 16.6 Å². The van der Waals surface area contributed by atoms with Crippen molar-refractivity contribution in [2.45, 2.75) is 19.8 Å². The van der Waals surface area contributed by atoms with Gasteiger partial charge in [0.25, 0.3) is 0 Å². The monoisotopic (exact) mass is 272 g/mol. The first kappa shape index (κ1) is 10.7. The molecule has 15 heavy (non-hydrogen) atoms. The van der Waals surface area contributed by atoms with Crippen LogP contribution in [0.1, 0.15) is 19.8 Å². The van der Waals surface area contributed by atoms with Crippen molar-refractivity contribution < 1.29 is 4.39 Å². The number of nitrogens with two attached hydrogens (primary N) is 1. The molecule has 1 aliphatic carbocycles. The molecule has 0 aromatic heterocycles. The molecule has 0 spiro atoms. The third-order valence-electron chi connectivity index (χ3n) is 2.90. The van der Waals surface area contributed by atoms with Crippen molar-refractivity contribution >= 4 is 27.3 Å². The van der Waals surface area contributed by atoms with E-state index in [9.17, 15) is 4.39 Å². The SMILES string of the molecule is CC1(CNc2cc(Br)c(F)cc2N)CC1. The summed E-state index contributed by atoms with van der Waals surface area (Å²) in [5.74, 6) is -0.323. The highest BCUT2D eigenvalue weighted by molar-refractivity contribution is 9.10. The van der Waals surface area contributed by atoms with Crippen LogP contribution in [0.4, 0.5) is 15.8 Å². The van der Waals surface area contributed by atoms with Gasteiger partial charge in [0.15, 0.2) is 0 Å². The number of nitrogen functional groups attached to an aromatic ring is 1. The Morgan fingerprint density at radius 2 is 2.20 bits per heavy atom. The van der Waals surface area contributed by atoms with Crippen LogP contribution < -0.4 is 11.1 Å². The second kappa shape index (κ2) is 3.67. The Bertz CT molecular complexity index is 388. The van der Waals surface area contributed by atoms with Gasteiger partial charge in [0, 0.05) is 12.6 Å². The predicted molar refractivity (Wildman–Crippen MR) is 64.3 cm³/mol. The lowest BCUT2D eigenvalue weighted by Gasteiger charge is -2.13. The molecule has 0 saturated heterocycles. The number of rotatable bonds is 3. The van der Waals surface area contributed by atoms with Crippen LogP contribution >= 0.6 is 15.9 Å². The van der Waals surface area contributed by atoms with Crippen molar-refractivity contribution in [3.63, 3.8) is 0 Å². The minimum Gasteiger partial charge on any atom is -0.397 e. The molecule has 0 atom stereocenters. The molecule has 1 fully saturated rings. The fourth-order valence-corrected chi connectivity index (χ4v) is 1.76. The molecule has 82 valence electrons. The van der Waals surface area contributed by atoms with Crippen LogP contribution in [0.2, 0.25) is 0 Å². The highest BCUT2D eigenvalue weighted by Gasteiger charge is 2.36. The summed E-state index contributed by atoms with van der Waals surface area (Å²) in [6.07, 6.45) is 2.50. The lowest BCUT2D eigenvalue weighted by molar-refractivity contribution is 0.609. The first-order chi connectivity index (χ1) is 7.00. The smallest absolute Gasteiger partial charge is 0.139 e. The number of hydrogen-bond donors (Lipinski definition) is 2. The van der Waals surface area contributed by atoms with E-state index in [0.29, 0.717) is 15.6 Å². The summed E-state index contributed by atoms with van der Waals surface area (Å²) in [4.78, 5) is 0. The van der Waals surface area contributed by atoms with Gasteiger partial charge in [0.2, 0.25) is 0 Å². The topological polar surface area (TPSA) is 38.0 Å². The summed E-state index contributed by atoms with van der Waals surface area (Å²) in [7, 11) is 0. The van der Waals surface area contributed by atoms with Crippen molar-refractivity contribution in [2.24, 2.45) is 5.41 Å². The molecule has 1 saturated carbocycles. The highest BCUT2D eigenvalue weighted by Crippen LogP contribution is 2.45. The van der Waals surface area contributed by atoms with E-state index in [0.717, 1.165) is 12.2 Å². The molecule has 1 aliphatic rings. The van der Waals surface area contributed by atoms with Crippen LogP contribution in [0, 0.1) is 11.2 Å². The number of benzene rings is 1. The molecule has 0 bridgehead atoms. The molecule has 2 nitrogen and oxygen atoms in total. The Morgan fingerprint density at radius 1 is 1.53 bits per heavy atom. The average Bonchev–Trinajstić information content (AvgIpc) is 2.89. The number of hydrogen-bond acceptors (Lipinski definition) is 2. The van der Waals surface area contributed by atoms with E-state index < -0.39 is 0 Å². The van der Waals surface area contributed by atoms with E-state index in [1.807, 2.05) is 0 Å². The standard InChI is InChI=1S/C11H14BrFN2/c1-11(2-3-11)6-15-10-4-7(12)8(13)5-9(10)14/h4-5,15H,2-3,6,14H2,1H3. The molecule has 2 rings (SSSR count). The van der Waals surface area contributed by atoms with Gasteiger partial charge in [-0.05, 0) is 40.3 Å². The third-order valence-corrected chi connectivity index (χ3v) is 3.51. The minimum atomic E-state index is -0.323. The Hall–Kier alpha value is -0.770. The van der Waals surface area contributed by atoms with Gasteiger partial charge in [0.1, 0.15) is 5.82 Å². The Balaban J connectivity index is 2.10. The first-order valence-corrected chi connectivity index (χ1v) is 5.78. The van der Waals surface area contributed by atoms with Crippen LogP contribution in [-0.4, -0.2) is 6.54 Å². The molecule has 0 aliphatic heterocycles. The van der Waals surface area contributed by atoms with E-state index in [4.69, 9.17) is 5.73 Å². The first-order valence-electron chi connectivity index (χ1n) is 4.99. The summed E-state index contributed by atoms with van der Waals surface area (Å²) in [5, 5.41) is 3.26. The van der Waals surface area contributed by atoms with Crippen molar-refractivity contribution in [1.82, 2.24) is 0 Å². The molecule has 0 heterocycles. The summed E-state index contributed by atoms with van der Waals surface area (Å²) in [6, 6.07) is 3.03. The molecule has 0 amide bonds. The van der Waals surface area contributed by atoms with Crippen LogP contribution in [0.25, 0.3) is 0 Å². The lowest BCUT2D eigenvalue weighted by Crippen LogP contribution is -2.13. The number of anilines is 2. The van der Waals surface area contributed by atoms with Crippen LogP contribution in [0.5, 0.6) is 0 Å². The lowest BCUT2D eigenvalue weighted by atomic mass is 10.1. The second-order valence-electron chi connectivity index (χ2n) is 4.52. The molecular formula is C11H14BrFN2. The zero-order chi connectivity index (χ0) is 11.1. The highest BCUT2D eigenvalue weighted by atomic mass is 79.9. The zero-order valence-corrected chi connectivity index (χ0v) is 10.2. The van der Waals surface area contributed by atoms with Gasteiger partial charge in [-0.3, -0.25) is 0 Å². The fraction of sp³-hybridized carbons (Fsp3) is 0.455. The molecule has 0 unspecified atom stereocenters. The average molecular weight is 273 g/mol. The Kier molecular flexibility index (Phi) is 2.63. The van der Waals surface area contributed by atoms with Gasteiger partial charge in [-0.15, -0.1) is 0 Å². The van der Waals surface area contributed by atoms with Gasteiger partial charge in [-0.25, -0.2) is 4.39 Å². The fourth-order valence-electron chi connectivity index (χ4n) is 1.41. The number of halogens is 2. The van der Waals surface area contributed by atoms with Gasteiger partial charge in [-0.2, -0.15) is 0 Å². The summed E-state index contributed by atoms with van der Waals surface area (Å²) in [5.41, 5.74) is 7.39. The quantitative estimate of drug-likeness (QED) is 0.828. The molecule has 1 aromatic rings. The largest absolute Gasteiger partial charge is 0.397 e. The summed E-state index contributed by atoms with van der Waals surface area (Å²) in [6.45, 7) is 3.13. The third kappa shape index (κ3) is 2.43. The maximum Gasteiger partial charge on any atom is 0.139 e. The van der Waals surface area contributed by atoms with Gasteiger partial charge in [-0.1, -0.05) is 6.92 Å². The van der Waals surface area contributed by atoms with Crippen molar-refractivity contribution in [3.05, 3.63) is 22.4 Å². The van der Waals surface area contributed by atoms with Gasteiger partial charge in [0.05, 0.1) is 15.8 Å². The van der Waals surface area contributed by atoms with Crippen molar-refractivity contribution in [1.29, 1.82) is 0 Å². The van der Waals surface area contributed by atoms with Gasteiger partial charge < -0.3 is 11.1 Å². The predicted octanol–water partition coefficient (Wildman–Crippen LogP) is 3.38. The molecule has 0 radical (unpaired) electrons. The van der Waals surface area contributed by atoms with E-state index in [2.05, 4.69) is 28.2 Å². The summed E-state index contributed by atoms with van der Waals surface area (Å²) >= 11 is 3.15. The van der Waals surface area contributed by atoms with E-state index in [1.165, 1.54) is 18.9 Å². The molecule has 3 N–H and O–H groups in total. The van der Waals surface area contributed by atoms with E-state index >= 15 is 0 Å². The second-order valence-corrected chi connectivity index (χ2v) is 5.37. The van der Waals surface area contributed by atoms with Crippen molar-refractivity contribution in [2.75, 3.05) is 17.6 Å². The Labute approximate surface area is 97.2 Å². The van der Waals surface area contributed by atoms with E-state index in [-0.39, 0.29) is 5.82 Å². The Morgan fingerprint density at radius 3 is 2.80 bits per heavy atom. The maximum absolute atomic E-state index is 13.1. The maximum atomic E-state index is 13.1. The minimum absolute atomic E-state index is 0.323. The molecule has 1 aromatic carbocycles.